The minimum Gasteiger partial charge on any atom is -0.371 e. The lowest BCUT2D eigenvalue weighted by Crippen LogP contribution is -2.25. The van der Waals surface area contributed by atoms with Crippen molar-refractivity contribution in [3.05, 3.63) is 42.5 Å². The van der Waals surface area contributed by atoms with Gasteiger partial charge >= 0.3 is 0 Å². The van der Waals surface area contributed by atoms with Crippen LogP contribution in [0.5, 0.6) is 0 Å². The number of carbonyl (C=O) groups is 1. The van der Waals surface area contributed by atoms with Crippen molar-refractivity contribution >= 4 is 11.5 Å². The number of para-hydroxylation sites is 1. The predicted molar refractivity (Wildman–Crippen MR) is 68.8 cm³/mol. The second-order valence-electron chi connectivity index (χ2n) is 3.87. The third-order valence-corrected chi connectivity index (χ3v) is 2.59. The smallest absolute Gasteiger partial charge is 0.159 e. The maximum Gasteiger partial charge on any atom is 0.159 e. The standard InChI is InChI=1S/C14H19NO/c1-4-15(11-10-14(16)12(2)3)13-8-6-5-7-9-13/h5-9H,2,4,10-11H2,1,3H3. The van der Waals surface area contributed by atoms with Crippen molar-refractivity contribution in [2.24, 2.45) is 0 Å². The van der Waals surface area contributed by atoms with Crippen LogP contribution in [0.1, 0.15) is 20.3 Å². The molecule has 0 unspecified atom stereocenters. The van der Waals surface area contributed by atoms with Gasteiger partial charge in [-0.1, -0.05) is 24.8 Å². The van der Waals surface area contributed by atoms with E-state index in [9.17, 15) is 4.79 Å². The Kier molecular flexibility index (Phi) is 4.77. The first-order valence-corrected chi connectivity index (χ1v) is 5.64. The number of anilines is 1. The summed E-state index contributed by atoms with van der Waals surface area (Å²) >= 11 is 0. The van der Waals surface area contributed by atoms with E-state index < -0.39 is 0 Å². The van der Waals surface area contributed by atoms with E-state index in [2.05, 4.69) is 30.5 Å². The monoisotopic (exact) mass is 217 g/mol. The Bertz CT molecular complexity index is 356. The summed E-state index contributed by atoms with van der Waals surface area (Å²) < 4.78 is 0. The summed E-state index contributed by atoms with van der Waals surface area (Å²) in [5.41, 5.74) is 1.81. The van der Waals surface area contributed by atoms with Crippen LogP contribution in [0.2, 0.25) is 0 Å². The fourth-order valence-corrected chi connectivity index (χ4v) is 1.56. The van der Waals surface area contributed by atoms with E-state index in [1.165, 1.54) is 5.69 Å². The van der Waals surface area contributed by atoms with Crippen molar-refractivity contribution in [3.8, 4) is 0 Å². The number of carbonyl (C=O) groups excluding carboxylic acids is 1. The number of rotatable bonds is 6. The highest BCUT2D eigenvalue weighted by Crippen LogP contribution is 2.13. The van der Waals surface area contributed by atoms with Crippen LogP contribution in [0.4, 0.5) is 5.69 Å². The van der Waals surface area contributed by atoms with Crippen LogP contribution in [0.25, 0.3) is 0 Å². The lowest BCUT2D eigenvalue weighted by atomic mass is 10.1. The van der Waals surface area contributed by atoms with E-state index in [0.29, 0.717) is 12.0 Å². The van der Waals surface area contributed by atoms with Gasteiger partial charge < -0.3 is 4.90 Å². The molecule has 0 heterocycles. The average molecular weight is 217 g/mol. The van der Waals surface area contributed by atoms with Crippen LogP contribution < -0.4 is 4.90 Å². The third-order valence-electron chi connectivity index (χ3n) is 2.59. The molecule has 0 saturated carbocycles. The van der Waals surface area contributed by atoms with Gasteiger partial charge in [-0.15, -0.1) is 0 Å². The molecule has 0 bridgehead atoms. The maximum atomic E-state index is 11.5. The number of hydrogen-bond acceptors (Lipinski definition) is 2. The molecular weight excluding hydrogens is 198 g/mol. The maximum absolute atomic E-state index is 11.5. The molecule has 0 radical (unpaired) electrons. The van der Waals surface area contributed by atoms with Gasteiger partial charge in [0.15, 0.2) is 5.78 Å². The molecule has 86 valence electrons. The number of Topliss-reactive ketones (excluding diaryl/α,β-unsaturated/α-hetero) is 1. The Balaban J connectivity index is 2.57. The number of nitrogens with zero attached hydrogens (tertiary/aromatic N) is 1. The van der Waals surface area contributed by atoms with E-state index in [1.54, 1.807) is 6.92 Å². The number of allylic oxidation sites excluding steroid dienone is 1. The fourth-order valence-electron chi connectivity index (χ4n) is 1.56. The van der Waals surface area contributed by atoms with E-state index in [0.717, 1.165) is 13.1 Å². The molecule has 0 aromatic heterocycles. The predicted octanol–water partition coefficient (Wildman–Crippen LogP) is 3.05. The summed E-state index contributed by atoms with van der Waals surface area (Å²) in [4.78, 5) is 13.7. The van der Waals surface area contributed by atoms with Crippen LogP contribution in [-0.2, 0) is 4.79 Å². The highest BCUT2D eigenvalue weighted by Gasteiger charge is 2.07. The van der Waals surface area contributed by atoms with Gasteiger partial charge in [0.25, 0.3) is 0 Å². The van der Waals surface area contributed by atoms with E-state index in [1.807, 2.05) is 18.2 Å². The summed E-state index contributed by atoms with van der Waals surface area (Å²) in [6.07, 6.45) is 0.540. The van der Waals surface area contributed by atoms with Crippen molar-refractivity contribution in [1.82, 2.24) is 0 Å². The van der Waals surface area contributed by atoms with Crippen LogP contribution >= 0.6 is 0 Å². The molecule has 2 nitrogen and oxygen atoms in total. The second kappa shape index (κ2) is 6.11. The molecule has 0 fully saturated rings. The van der Waals surface area contributed by atoms with Crippen LogP contribution in [0.3, 0.4) is 0 Å². The summed E-state index contributed by atoms with van der Waals surface area (Å²) in [5, 5.41) is 0. The fraction of sp³-hybridized carbons (Fsp3) is 0.357. The van der Waals surface area contributed by atoms with Gasteiger partial charge in [0, 0.05) is 25.2 Å². The molecular formula is C14H19NO. The van der Waals surface area contributed by atoms with Crippen molar-refractivity contribution in [2.75, 3.05) is 18.0 Å². The Morgan fingerprint density at radius 2 is 1.94 bits per heavy atom. The molecule has 1 rings (SSSR count). The zero-order chi connectivity index (χ0) is 12.0. The first-order chi connectivity index (χ1) is 7.65. The van der Waals surface area contributed by atoms with Gasteiger partial charge in [0.2, 0.25) is 0 Å². The first kappa shape index (κ1) is 12.5. The molecule has 2 heteroatoms. The van der Waals surface area contributed by atoms with Gasteiger partial charge in [-0.05, 0) is 31.6 Å². The van der Waals surface area contributed by atoms with Gasteiger partial charge in [0.05, 0.1) is 0 Å². The van der Waals surface area contributed by atoms with Crippen LogP contribution in [0.15, 0.2) is 42.5 Å². The average Bonchev–Trinajstić information content (AvgIpc) is 2.30. The third kappa shape index (κ3) is 3.54. The van der Waals surface area contributed by atoms with Gasteiger partial charge in [-0.25, -0.2) is 0 Å². The highest BCUT2D eigenvalue weighted by molar-refractivity contribution is 5.94. The van der Waals surface area contributed by atoms with E-state index in [-0.39, 0.29) is 5.78 Å². The zero-order valence-electron chi connectivity index (χ0n) is 10.1. The second-order valence-corrected chi connectivity index (χ2v) is 3.87. The quantitative estimate of drug-likeness (QED) is 0.683. The lowest BCUT2D eigenvalue weighted by molar-refractivity contribution is -0.115. The molecule has 0 aliphatic rings. The topological polar surface area (TPSA) is 20.3 Å². The number of ketones is 1. The molecule has 0 spiro atoms. The molecule has 0 aliphatic heterocycles. The van der Waals surface area contributed by atoms with Crippen LogP contribution in [0, 0.1) is 0 Å². The summed E-state index contributed by atoms with van der Waals surface area (Å²) in [6, 6.07) is 10.1. The van der Waals surface area contributed by atoms with Crippen molar-refractivity contribution in [1.29, 1.82) is 0 Å². The number of hydrogen-bond donors (Lipinski definition) is 0. The molecule has 16 heavy (non-hydrogen) atoms. The Morgan fingerprint density at radius 3 is 2.44 bits per heavy atom. The van der Waals surface area contributed by atoms with Crippen molar-refractivity contribution in [3.63, 3.8) is 0 Å². The molecule has 0 saturated heterocycles. The SMILES string of the molecule is C=C(C)C(=O)CCN(CC)c1ccccc1. The Morgan fingerprint density at radius 1 is 1.31 bits per heavy atom. The molecule has 0 atom stereocenters. The zero-order valence-corrected chi connectivity index (χ0v) is 10.1. The van der Waals surface area contributed by atoms with Crippen molar-refractivity contribution in [2.45, 2.75) is 20.3 Å². The Labute approximate surface area is 97.6 Å². The minimum absolute atomic E-state index is 0.148. The van der Waals surface area contributed by atoms with E-state index >= 15 is 0 Å². The molecule has 1 aromatic rings. The summed E-state index contributed by atoms with van der Waals surface area (Å²) in [5.74, 6) is 0.148. The highest BCUT2D eigenvalue weighted by atomic mass is 16.1. The Hall–Kier alpha value is -1.57. The van der Waals surface area contributed by atoms with Gasteiger partial charge in [-0.2, -0.15) is 0 Å². The summed E-state index contributed by atoms with van der Waals surface area (Å²) in [7, 11) is 0. The largest absolute Gasteiger partial charge is 0.371 e. The van der Waals surface area contributed by atoms with Gasteiger partial charge in [0.1, 0.15) is 0 Å². The minimum atomic E-state index is 0.148. The summed E-state index contributed by atoms with van der Waals surface area (Å²) in [6.45, 7) is 9.19. The first-order valence-electron chi connectivity index (χ1n) is 5.64. The molecule has 0 amide bonds. The molecule has 1 aromatic carbocycles. The molecule has 0 N–H and O–H groups in total. The van der Waals surface area contributed by atoms with Crippen LogP contribution in [-0.4, -0.2) is 18.9 Å². The normalized spacial score (nSPS) is 9.88. The number of benzene rings is 1. The lowest BCUT2D eigenvalue weighted by Gasteiger charge is -2.22. The van der Waals surface area contributed by atoms with Crippen molar-refractivity contribution < 1.29 is 4.79 Å². The molecule has 0 aliphatic carbocycles. The van der Waals surface area contributed by atoms with Gasteiger partial charge in [-0.3, -0.25) is 4.79 Å². The van der Waals surface area contributed by atoms with E-state index in [4.69, 9.17) is 0 Å².